The van der Waals surface area contributed by atoms with Crippen LogP contribution in [0.25, 0.3) is 0 Å². The molecular formula is C7H8Cl3N2OPS. The van der Waals surface area contributed by atoms with E-state index in [4.69, 9.17) is 45.8 Å². The van der Waals surface area contributed by atoms with E-state index in [2.05, 4.69) is 0 Å². The number of hydrogen-bond donors (Lipinski definition) is 2. The number of alkyl halides is 3. The summed E-state index contributed by atoms with van der Waals surface area (Å²) in [4.78, 5) is 0.668. The molecule has 1 rings (SSSR count). The van der Waals surface area contributed by atoms with E-state index in [9.17, 15) is 4.57 Å². The Balaban J connectivity index is 2.87. The minimum Gasteiger partial charge on any atom is -0.277 e. The van der Waals surface area contributed by atoms with Gasteiger partial charge in [0.25, 0.3) is 6.65 Å². The summed E-state index contributed by atoms with van der Waals surface area (Å²) in [5, 5.41) is 0. The fourth-order valence-electron chi connectivity index (χ4n) is 0.870. The van der Waals surface area contributed by atoms with E-state index in [1.807, 2.05) is 0 Å². The van der Waals surface area contributed by atoms with Gasteiger partial charge < -0.3 is 0 Å². The minimum atomic E-state index is -3.13. The van der Waals surface area contributed by atoms with Crippen LogP contribution in [0.5, 0.6) is 0 Å². The minimum absolute atomic E-state index is 0.528. The van der Waals surface area contributed by atoms with Gasteiger partial charge in [-0.1, -0.05) is 46.9 Å². The summed E-state index contributed by atoms with van der Waals surface area (Å²) in [7, 11) is 0. The Morgan fingerprint density at radius 2 is 1.60 bits per heavy atom. The normalized spacial score (nSPS) is 12.9. The van der Waals surface area contributed by atoms with Crippen LogP contribution in [0.4, 0.5) is 0 Å². The van der Waals surface area contributed by atoms with Gasteiger partial charge >= 0.3 is 0 Å². The maximum atomic E-state index is 11.1. The van der Waals surface area contributed by atoms with E-state index in [0.717, 1.165) is 11.4 Å². The molecule has 4 N–H and O–H groups in total. The van der Waals surface area contributed by atoms with Crippen LogP contribution >= 0.6 is 52.8 Å². The molecule has 0 heterocycles. The summed E-state index contributed by atoms with van der Waals surface area (Å²) >= 11 is 17.9. The Bertz CT molecular complexity index is 386. The van der Waals surface area contributed by atoms with Crippen LogP contribution in [0.15, 0.2) is 29.2 Å². The van der Waals surface area contributed by atoms with Crippen LogP contribution in [0, 0.1) is 0 Å². The number of nitrogens with two attached hydrogens (primary N) is 2. The SMILES string of the molecule is NP(N)(=O)Sc1ccc(C(Cl)(Cl)Cl)cc1. The van der Waals surface area contributed by atoms with Crippen molar-refractivity contribution < 1.29 is 4.57 Å². The zero-order chi connectivity index (χ0) is 11.7. The second kappa shape index (κ2) is 4.84. The Labute approximate surface area is 107 Å². The Kier molecular flexibility index (Phi) is 4.41. The molecule has 0 aliphatic rings. The molecule has 0 fully saturated rings. The van der Waals surface area contributed by atoms with E-state index >= 15 is 0 Å². The van der Waals surface area contributed by atoms with Gasteiger partial charge in [-0.25, -0.2) is 0 Å². The lowest BCUT2D eigenvalue weighted by Crippen LogP contribution is -2.01. The molecule has 8 heteroatoms. The smallest absolute Gasteiger partial charge is 0.265 e. The Hall–Kier alpha value is 0.590. The van der Waals surface area contributed by atoms with E-state index < -0.39 is 10.4 Å². The molecule has 0 saturated heterocycles. The molecular weight excluding hydrogens is 297 g/mol. The van der Waals surface area contributed by atoms with Crippen LogP contribution < -0.4 is 11.0 Å². The third kappa shape index (κ3) is 4.96. The van der Waals surface area contributed by atoms with Gasteiger partial charge in [0.05, 0.1) is 0 Å². The molecule has 1 aromatic carbocycles. The van der Waals surface area contributed by atoms with Crippen molar-refractivity contribution in [1.29, 1.82) is 0 Å². The van der Waals surface area contributed by atoms with Crippen molar-refractivity contribution in [2.24, 2.45) is 11.0 Å². The van der Waals surface area contributed by atoms with Gasteiger partial charge in [-0.05, 0) is 23.5 Å². The van der Waals surface area contributed by atoms with Crippen LogP contribution in [0.2, 0.25) is 0 Å². The molecule has 84 valence electrons. The average Bonchev–Trinajstić information content (AvgIpc) is 2.00. The summed E-state index contributed by atoms with van der Waals surface area (Å²) in [5.41, 5.74) is 10.9. The van der Waals surface area contributed by atoms with Crippen molar-refractivity contribution in [3.05, 3.63) is 29.8 Å². The molecule has 0 unspecified atom stereocenters. The molecule has 0 aliphatic heterocycles. The molecule has 0 bridgehead atoms. The monoisotopic (exact) mass is 304 g/mol. The van der Waals surface area contributed by atoms with Gasteiger partial charge in [-0.2, -0.15) is 0 Å². The first-order valence-corrected chi connectivity index (χ1v) is 8.12. The van der Waals surface area contributed by atoms with E-state index in [-0.39, 0.29) is 0 Å². The maximum Gasteiger partial charge on any atom is 0.265 e. The summed E-state index contributed by atoms with van der Waals surface area (Å²) in [6.45, 7) is -3.13. The van der Waals surface area contributed by atoms with Gasteiger partial charge in [0.2, 0.25) is 3.79 Å². The average molecular weight is 306 g/mol. The quantitative estimate of drug-likeness (QED) is 0.646. The molecule has 0 atom stereocenters. The summed E-state index contributed by atoms with van der Waals surface area (Å²) in [6.07, 6.45) is 0. The maximum absolute atomic E-state index is 11.1. The molecule has 0 radical (unpaired) electrons. The van der Waals surface area contributed by atoms with Crippen LogP contribution in [0.1, 0.15) is 5.56 Å². The zero-order valence-corrected chi connectivity index (χ0v) is 11.3. The molecule has 0 aliphatic carbocycles. The molecule has 1 aromatic rings. The van der Waals surface area contributed by atoms with E-state index in [0.29, 0.717) is 10.5 Å². The molecule has 0 spiro atoms. The Morgan fingerprint density at radius 1 is 1.13 bits per heavy atom. The second-order valence-corrected chi connectivity index (χ2v) is 9.24. The van der Waals surface area contributed by atoms with Crippen molar-refractivity contribution in [2.45, 2.75) is 8.69 Å². The molecule has 0 saturated carbocycles. The van der Waals surface area contributed by atoms with E-state index in [1.54, 1.807) is 24.3 Å². The first kappa shape index (κ1) is 13.7. The highest BCUT2D eigenvalue weighted by atomic mass is 35.6. The first-order chi connectivity index (χ1) is 6.68. The fourth-order valence-corrected chi connectivity index (χ4v) is 3.19. The number of hydrogen-bond acceptors (Lipinski definition) is 2. The predicted molar refractivity (Wildman–Crippen MR) is 67.5 cm³/mol. The van der Waals surface area contributed by atoms with Crippen molar-refractivity contribution in [3.63, 3.8) is 0 Å². The number of benzene rings is 1. The van der Waals surface area contributed by atoms with Crippen molar-refractivity contribution >= 4 is 52.8 Å². The largest absolute Gasteiger partial charge is 0.277 e. The van der Waals surface area contributed by atoms with Gasteiger partial charge in [0.1, 0.15) is 0 Å². The van der Waals surface area contributed by atoms with Crippen molar-refractivity contribution in [1.82, 2.24) is 0 Å². The van der Waals surface area contributed by atoms with Gasteiger partial charge in [0, 0.05) is 10.5 Å². The molecule has 3 nitrogen and oxygen atoms in total. The third-order valence-corrected chi connectivity index (χ3v) is 4.34. The van der Waals surface area contributed by atoms with E-state index in [1.165, 1.54) is 0 Å². The lowest BCUT2D eigenvalue weighted by molar-refractivity contribution is 0.587. The van der Waals surface area contributed by atoms with Crippen LogP contribution in [0.3, 0.4) is 0 Å². The topological polar surface area (TPSA) is 69.1 Å². The summed E-state index contributed by atoms with van der Waals surface area (Å²) in [5.74, 6) is 0. The highest BCUT2D eigenvalue weighted by molar-refractivity contribution is 8.56. The lowest BCUT2D eigenvalue weighted by atomic mass is 10.2. The zero-order valence-electron chi connectivity index (χ0n) is 7.36. The highest BCUT2D eigenvalue weighted by Gasteiger charge is 2.22. The van der Waals surface area contributed by atoms with Gasteiger partial charge in [-0.15, -0.1) is 0 Å². The lowest BCUT2D eigenvalue weighted by Gasteiger charge is -2.12. The summed E-state index contributed by atoms with van der Waals surface area (Å²) in [6, 6.07) is 6.53. The van der Waals surface area contributed by atoms with Crippen molar-refractivity contribution in [3.8, 4) is 0 Å². The highest BCUT2D eigenvalue weighted by Crippen LogP contribution is 2.48. The van der Waals surface area contributed by atoms with Crippen LogP contribution in [-0.2, 0) is 8.36 Å². The van der Waals surface area contributed by atoms with Crippen LogP contribution in [-0.4, -0.2) is 0 Å². The molecule has 0 aromatic heterocycles. The number of rotatable bonds is 2. The number of halogens is 3. The second-order valence-electron chi connectivity index (χ2n) is 2.76. The van der Waals surface area contributed by atoms with Crippen molar-refractivity contribution in [2.75, 3.05) is 0 Å². The standard InChI is InChI=1S/C7H8Cl3N2OPS/c8-7(9,10)5-1-3-6(4-2-5)15-14(11,12)13/h1-4H,(H4,11,12,13). The van der Waals surface area contributed by atoms with Gasteiger partial charge in [-0.3, -0.25) is 15.6 Å². The first-order valence-electron chi connectivity index (χ1n) is 3.72. The Morgan fingerprint density at radius 3 is 1.93 bits per heavy atom. The fraction of sp³-hybridized carbons (Fsp3) is 0.143. The third-order valence-electron chi connectivity index (χ3n) is 1.43. The van der Waals surface area contributed by atoms with Gasteiger partial charge in [0.15, 0.2) is 0 Å². The summed E-state index contributed by atoms with van der Waals surface area (Å²) < 4.78 is 9.65. The molecule has 15 heavy (non-hydrogen) atoms. The predicted octanol–water partition coefficient (Wildman–Crippen LogP) is 3.63. The molecule has 0 amide bonds.